The summed E-state index contributed by atoms with van der Waals surface area (Å²) >= 11 is 0. The lowest BCUT2D eigenvalue weighted by molar-refractivity contribution is 0.592. The van der Waals surface area contributed by atoms with E-state index in [9.17, 15) is 16.8 Å². The van der Waals surface area contributed by atoms with Crippen LogP contribution >= 0.6 is 0 Å². The quantitative estimate of drug-likeness (QED) is 0.868. The predicted molar refractivity (Wildman–Crippen MR) is 75.0 cm³/mol. The number of anilines is 1. The molecule has 0 aromatic heterocycles. The number of primary sulfonamides is 1. The van der Waals surface area contributed by atoms with Crippen LogP contribution in [0.1, 0.15) is 25.0 Å². The van der Waals surface area contributed by atoms with E-state index in [-0.39, 0.29) is 4.90 Å². The molecule has 108 valence electrons. The monoisotopic (exact) mass is 306 g/mol. The summed E-state index contributed by atoms with van der Waals surface area (Å²) < 4.78 is 48.7. The van der Waals surface area contributed by atoms with Gasteiger partial charge in [0.2, 0.25) is 20.0 Å². The van der Waals surface area contributed by atoms with Crippen molar-refractivity contribution in [3.63, 3.8) is 0 Å². The highest BCUT2D eigenvalue weighted by molar-refractivity contribution is 7.93. The van der Waals surface area contributed by atoms with E-state index in [2.05, 4.69) is 4.72 Å². The van der Waals surface area contributed by atoms with E-state index in [4.69, 9.17) is 5.14 Å². The van der Waals surface area contributed by atoms with Crippen LogP contribution in [0, 0.1) is 13.8 Å². The zero-order chi connectivity index (χ0) is 15.0. The van der Waals surface area contributed by atoms with E-state index < -0.39 is 25.3 Å². The minimum Gasteiger partial charge on any atom is -0.283 e. The average Bonchev–Trinajstić information content (AvgIpc) is 2.21. The Kier molecular flexibility index (Phi) is 4.28. The van der Waals surface area contributed by atoms with Crippen LogP contribution in [0.15, 0.2) is 17.0 Å². The number of hydrogen-bond donors (Lipinski definition) is 2. The molecular weight excluding hydrogens is 288 g/mol. The van der Waals surface area contributed by atoms with Gasteiger partial charge in [0.15, 0.2) is 0 Å². The number of sulfonamides is 2. The maximum Gasteiger partial charge on any atom is 0.238 e. The lowest BCUT2D eigenvalue weighted by atomic mass is 10.1. The molecule has 0 heterocycles. The average molecular weight is 306 g/mol. The van der Waals surface area contributed by atoms with Gasteiger partial charge in [-0.05, 0) is 51.0 Å². The highest BCUT2D eigenvalue weighted by Crippen LogP contribution is 2.25. The molecule has 0 fully saturated rings. The third-order valence-electron chi connectivity index (χ3n) is 2.70. The molecule has 3 N–H and O–H groups in total. The van der Waals surface area contributed by atoms with Crippen LogP contribution in [0.25, 0.3) is 0 Å². The van der Waals surface area contributed by atoms with Crippen LogP contribution in [-0.2, 0) is 20.0 Å². The Morgan fingerprint density at radius 2 is 1.47 bits per heavy atom. The number of nitrogens with two attached hydrogens (primary N) is 1. The first-order chi connectivity index (χ1) is 8.45. The van der Waals surface area contributed by atoms with Gasteiger partial charge in [0.05, 0.1) is 15.8 Å². The van der Waals surface area contributed by atoms with E-state index in [0.717, 1.165) is 0 Å². The van der Waals surface area contributed by atoms with Gasteiger partial charge in [-0.1, -0.05) is 0 Å². The van der Waals surface area contributed by atoms with Crippen molar-refractivity contribution in [2.45, 2.75) is 37.8 Å². The SMILES string of the molecule is Cc1cc(S(N)(=O)=O)cc(C)c1NS(=O)(=O)C(C)C. The highest BCUT2D eigenvalue weighted by atomic mass is 32.2. The van der Waals surface area contributed by atoms with Crippen LogP contribution in [0.2, 0.25) is 0 Å². The predicted octanol–water partition coefficient (Wildman–Crippen LogP) is 1.10. The van der Waals surface area contributed by atoms with Crippen molar-refractivity contribution in [1.82, 2.24) is 0 Å². The number of benzene rings is 1. The molecule has 6 nitrogen and oxygen atoms in total. The first kappa shape index (κ1) is 15.9. The van der Waals surface area contributed by atoms with Crippen molar-refractivity contribution in [2.24, 2.45) is 5.14 Å². The second-order valence-corrected chi connectivity index (χ2v) is 8.47. The molecule has 0 saturated carbocycles. The van der Waals surface area contributed by atoms with Gasteiger partial charge >= 0.3 is 0 Å². The Bertz CT molecular complexity index is 668. The van der Waals surface area contributed by atoms with Crippen LogP contribution in [0.3, 0.4) is 0 Å². The Labute approximate surface area is 114 Å². The van der Waals surface area contributed by atoms with E-state index in [0.29, 0.717) is 16.8 Å². The molecule has 0 aliphatic rings. The van der Waals surface area contributed by atoms with Crippen molar-refractivity contribution in [2.75, 3.05) is 4.72 Å². The molecule has 0 aliphatic carbocycles. The van der Waals surface area contributed by atoms with E-state index in [1.807, 2.05) is 0 Å². The fourth-order valence-corrected chi connectivity index (χ4v) is 3.03. The van der Waals surface area contributed by atoms with E-state index in [1.54, 1.807) is 27.7 Å². The summed E-state index contributed by atoms with van der Waals surface area (Å²) in [6.45, 7) is 6.37. The van der Waals surface area contributed by atoms with E-state index in [1.165, 1.54) is 12.1 Å². The van der Waals surface area contributed by atoms with Crippen molar-refractivity contribution >= 4 is 25.7 Å². The number of nitrogens with one attached hydrogen (secondary N) is 1. The Morgan fingerprint density at radius 1 is 1.05 bits per heavy atom. The number of aryl methyl sites for hydroxylation is 2. The van der Waals surface area contributed by atoms with Gasteiger partial charge in [-0.2, -0.15) is 0 Å². The van der Waals surface area contributed by atoms with Gasteiger partial charge in [0.1, 0.15) is 0 Å². The molecule has 0 saturated heterocycles. The number of hydrogen-bond acceptors (Lipinski definition) is 4. The lowest BCUT2D eigenvalue weighted by Gasteiger charge is -2.16. The molecule has 1 aromatic rings. The highest BCUT2D eigenvalue weighted by Gasteiger charge is 2.19. The number of rotatable bonds is 4. The smallest absolute Gasteiger partial charge is 0.238 e. The molecule has 0 aliphatic heterocycles. The van der Waals surface area contributed by atoms with E-state index >= 15 is 0 Å². The largest absolute Gasteiger partial charge is 0.283 e. The summed E-state index contributed by atoms with van der Waals surface area (Å²) in [7, 11) is -7.28. The fourth-order valence-electron chi connectivity index (χ4n) is 1.51. The molecule has 1 aromatic carbocycles. The summed E-state index contributed by atoms with van der Waals surface area (Å²) in [5.41, 5.74) is 1.41. The molecule has 8 heteroatoms. The minimum absolute atomic E-state index is 0.0324. The Balaban J connectivity index is 3.35. The molecule has 19 heavy (non-hydrogen) atoms. The lowest BCUT2D eigenvalue weighted by Crippen LogP contribution is -2.23. The zero-order valence-electron chi connectivity index (χ0n) is 11.3. The molecule has 0 spiro atoms. The van der Waals surface area contributed by atoms with Crippen LogP contribution < -0.4 is 9.86 Å². The van der Waals surface area contributed by atoms with Crippen LogP contribution in [-0.4, -0.2) is 22.1 Å². The Morgan fingerprint density at radius 3 is 1.79 bits per heavy atom. The molecule has 0 atom stereocenters. The van der Waals surface area contributed by atoms with Gasteiger partial charge in [0.25, 0.3) is 0 Å². The van der Waals surface area contributed by atoms with Gasteiger partial charge in [-0.3, -0.25) is 4.72 Å². The van der Waals surface area contributed by atoms with Gasteiger partial charge < -0.3 is 0 Å². The first-order valence-electron chi connectivity index (χ1n) is 5.61. The molecular formula is C11H18N2O4S2. The summed E-state index contributed by atoms with van der Waals surface area (Å²) in [6.07, 6.45) is 0. The summed E-state index contributed by atoms with van der Waals surface area (Å²) in [6, 6.07) is 2.70. The second-order valence-electron chi connectivity index (χ2n) is 4.67. The maximum absolute atomic E-state index is 11.8. The molecule has 0 amide bonds. The van der Waals surface area contributed by atoms with Crippen LogP contribution in [0.4, 0.5) is 5.69 Å². The standard InChI is InChI=1S/C11H18N2O4S2/c1-7(2)19(16,17)13-11-8(3)5-10(6-9(11)4)18(12,14)15/h5-7,13H,1-4H3,(H2,12,14,15). The van der Waals surface area contributed by atoms with Crippen molar-refractivity contribution < 1.29 is 16.8 Å². The van der Waals surface area contributed by atoms with Crippen molar-refractivity contribution in [3.8, 4) is 0 Å². The molecule has 1 rings (SSSR count). The third kappa shape index (κ3) is 3.68. The Hall–Kier alpha value is -1.12. The van der Waals surface area contributed by atoms with Crippen LogP contribution in [0.5, 0.6) is 0 Å². The van der Waals surface area contributed by atoms with Crippen molar-refractivity contribution in [3.05, 3.63) is 23.3 Å². The molecule has 0 radical (unpaired) electrons. The van der Waals surface area contributed by atoms with Gasteiger partial charge in [0, 0.05) is 0 Å². The summed E-state index contributed by atoms with van der Waals surface area (Å²) in [5.74, 6) is 0. The zero-order valence-corrected chi connectivity index (χ0v) is 12.9. The normalized spacial score (nSPS) is 12.7. The summed E-state index contributed by atoms with van der Waals surface area (Å²) in [4.78, 5) is -0.0324. The summed E-state index contributed by atoms with van der Waals surface area (Å²) in [5, 5.41) is 4.47. The maximum atomic E-state index is 11.8. The third-order valence-corrected chi connectivity index (χ3v) is 5.32. The van der Waals surface area contributed by atoms with Gasteiger partial charge in [-0.25, -0.2) is 22.0 Å². The van der Waals surface area contributed by atoms with Gasteiger partial charge in [-0.15, -0.1) is 0 Å². The molecule has 0 bridgehead atoms. The first-order valence-corrected chi connectivity index (χ1v) is 8.70. The topological polar surface area (TPSA) is 106 Å². The second kappa shape index (κ2) is 5.10. The van der Waals surface area contributed by atoms with Crippen molar-refractivity contribution in [1.29, 1.82) is 0 Å². The minimum atomic E-state index is -3.80. The fraction of sp³-hybridized carbons (Fsp3) is 0.455. The molecule has 0 unspecified atom stereocenters.